The average Bonchev–Trinajstić information content (AvgIpc) is 3.05. The number of amides is 1. The predicted octanol–water partition coefficient (Wildman–Crippen LogP) is 2.78. The lowest BCUT2D eigenvalue weighted by Gasteiger charge is -2.33. The number of hydrogen-bond donors (Lipinski definition) is 3. The van der Waals surface area contributed by atoms with Gasteiger partial charge in [-0.05, 0) is 25.1 Å². The fourth-order valence-corrected chi connectivity index (χ4v) is 4.30. The Kier molecular flexibility index (Phi) is 6.91. The molecule has 3 aromatic rings. The number of pyridine rings is 1. The first-order chi connectivity index (χ1) is 18.0. The molecule has 2 aromatic carbocycles. The summed E-state index contributed by atoms with van der Waals surface area (Å²) in [6.45, 7) is 3.84. The zero-order valence-corrected chi connectivity index (χ0v) is 20.3. The van der Waals surface area contributed by atoms with Crippen molar-refractivity contribution >= 4 is 35.0 Å². The second-order valence-electron chi connectivity index (χ2n) is 8.65. The Hall–Kier alpha value is -4.57. The Morgan fingerprint density at radius 2 is 1.95 bits per heavy atom. The number of benzodiazepines with no additional fused rings is 1. The topological polar surface area (TPSA) is 138 Å². The van der Waals surface area contributed by atoms with Crippen LogP contribution in [0.1, 0.15) is 23.6 Å². The van der Waals surface area contributed by atoms with Crippen LogP contribution in [0.5, 0.6) is 0 Å². The van der Waals surface area contributed by atoms with Crippen LogP contribution in [0.15, 0.2) is 82.9 Å². The molecule has 0 saturated carbocycles. The van der Waals surface area contributed by atoms with Crippen molar-refractivity contribution in [3.63, 3.8) is 0 Å². The van der Waals surface area contributed by atoms with Gasteiger partial charge in [-0.15, -0.1) is 0 Å². The summed E-state index contributed by atoms with van der Waals surface area (Å²) < 4.78 is 11.2. The number of hydrogen-bond acceptors (Lipinski definition) is 8. The normalized spacial score (nSPS) is 19.8. The Bertz CT molecular complexity index is 1370. The monoisotopic (exact) mass is 497 g/mol. The fraction of sp³-hybridized carbons (Fsp3) is 0.222. The molecule has 1 fully saturated rings. The quantitative estimate of drug-likeness (QED) is 0.374. The third kappa shape index (κ3) is 5.34. The van der Waals surface area contributed by atoms with E-state index in [4.69, 9.17) is 20.6 Å². The number of nitrogens with two attached hydrogens (primary N) is 1. The first-order valence-corrected chi connectivity index (χ1v) is 11.9. The van der Waals surface area contributed by atoms with E-state index in [-0.39, 0.29) is 18.0 Å². The Labute approximate surface area is 214 Å². The van der Waals surface area contributed by atoms with Crippen molar-refractivity contribution in [1.82, 2.24) is 4.98 Å². The number of nitrogens with one attached hydrogen (secondary N) is 2. The van der Waals surface area contributed by atoms with Gasteiger partial charge in [-0.2, -0.15) is 4.99 Å². The van der Waals surface area contributed by atoms with Gasteiger partial charge in [-0.1, -0.05) is 48.5 Å². The highest BCUT2D eigenvalue weighted by atomic mass is 16.5. The number of aliphatic imine (C=N–C) groups is 2. The van der Waals surface area contributed by atoms with E-state index in [1.54, 1.807) is 18.3 Å². The maximum absolute atomic E-state index is 13.0. The molecule has 0 spiro atoms. The number of carbonyl (C=O) groups is 1. The first kappa shape index (κ1) is 24.1. The van der Waals surface area contributed by atoms with Gasteiger partial charge in [-0.25, -0.2) is 9.98 Å². The molecule has 188 valence electrons. The third-order valence-corrected chi connectivity index (χ3v) is 6.00. The maximum atomic E-state index is 13.0. The Morgan fingerprint density at radius 3 is 2.76 bits per heavy atom. The number of aromatic nitrogens is 1. The summed E-state index contributed by atoms with van der Waals surface area (Å²) in [6.07, 6.45) is 0.501. The van der Waals surface area contributed by atoms with E-state index in [1.165, 1.54) is 0 Å². The smallest absolute Gasteiger partial charge is 0.291 e. The van der Waals surface area contributed by atoms with Crippen molar-refractivity contribution in [3.05, 3.63) is 89.6 Å². The van der Waals surface area contributed by atoms with Gasteiger partial charge in [0.2, 0.25) is 12.1 Å². The van der Waals surface area contributed by atoms with Gasteiger partial charge >= 0.3 is 0 Å². The molecule has 1 saturated heterocycles. The fourth-order valence-electron chi connectivity index (χ4n) is 4.30. The minimum atomic E-state index is -1.20. The number of para-hydroxylation sites is 1. The summed E-state index contributed by atoms with van der Waals surface area (Å²) >= 11 is 0. The van der Waals surface area contributed by atoms with E-state index in [0.717, 1.165) is 11.1 Å². The lowest BCUT2D eigenvalue weighted by molar-refractivity contribution is -0.117. The highest BCUT2D eigenvalue weighted by molar-refractivity contribution is 6.19. The van der Waals surface area contributed by atoms with E-state index in [9.17, 15) is 4.79 Å². The number of carbonyl (C=O) groups excluding carboxylic acids is 1. The van der Waals surface area contributed by atoms with Crippen LogP contribution in [0.3, 0.4) is 0 Å². The SMILES string of the molecule is C[C@H]1CN(c2ncccc2C(=N)O/C(N)=N/C2N=C(c3ccccc3)c3ccccc3NC2=O)CCO1. The lowest BCUT2D eigenvalue weighted by atomic mass is 10.0. The van der Waals surface area contributed by atoms with Gasteiger partial charge in [-0.3, -0.25) is 10.2 Å². The number of morpholine rings is 1. The highest BCUT2D eigenvalue weighted by Crippen LogP contribution is 2.25. The zero-order chi connectivity index (χ0) is 25.8. The number of fused-ring (bicyclic) bond motifs is 1. The van der Waals surface area contributed by atoms with E-state index < -0.39 is 12.1 Å². The molecule has 1 amide bonds. The van der Waals surface area contributed by atoms with Gasteiger partial charge < -0.3 is 25.4 Å². The van der Waals surface area contributed by atoms with Gasteiger partial charge in [0, 0.05) is 30.4 Å². The van der Waals surface area contributed by atoms with Crippen LogP contribution in [-0.4, -0.2) is 60.5 Å². The van der Waals surface area contributed by atoms with Crippen LogP contribution in [0.4, 0.5) is 11.5 Å². The summed E-state index contributed by atoms with van der Waals surface area (Å²) in [5.41, 5.74) is 9.36. The van der Waals surface area contributed by atoms with Crippen LogP contribution < -0.4 is 16.0 Å². The second kappa shape index (κ2) is 10.6. The molecular formula is C27H27N7O3. The molecule has 3 heterocycles. The van der Waals surface area contributed by atoms with Crippen LogP contribution >= 0.6 is 0 Å². The molecule has 0 aliphatic carbocycles. The highest BCUT2D eigenvalue weighted by Gasteiger charge is 2.27. The molecule has 1 unspecified atom stereocenters. The number of nitrogens with zero attached hydrogens (tertiary/aromatic N) is 4. The number of ether oxygens (including phenoxy) is 2. The van der Waals surface area contributed by atoms with Gasteiger partial charge in [0.25, 0.3) is 11.9 Å². The molecule has 10 nitrogen and oxygen atoms in total. The number of anilines is 2. The maximum Gasteiger partial charge on any atom is 0.291 e. The largest absolute Gasteiger partial charge is 0.407 e. The van der Waals surface area contributed by atoms with Crippen LogP contribution in [0.25, 0.3) is 0 Å². The molecule has 2 atom stereocenters. The lowest BCUT2D eigenvalue weighted by Crippen LogP contribution is -2.42. The molecular weight excluding hydrogens is 470 g/mol. The predicted molar refractivity (Wildman–Crippen MR) is 142 cm³/mol. The van der Waals surface area contributed by atoms with Gasteiger partial charge in [0.1, 0.15) is 5.82 Å². The van der Waals surface area contributed by atoms with E-state index >= 15 is 0 Å². The molecule has 2 aliphatic heterocycles. The van der Waals surface area contributed by atoms with Crippen molar-refractivity contribution in [2.45, 2.75) is 19.2 Å². The van der Waals surface area contributed by atoms with Crippen molar-refractivity contribution in [2.75, 3.05) is 29.9 Å². The molecule has 5 rings (SSSR count). The van der Waals surface area contributed by atoms with Crippen LogP contribution in [0, 0.1) is 5.41 Å². The van der Waals surface area contributed by atoms with Gasteiger partial charge in [0.05, 0.1) is 29.7 Å². The van der Waals surface area contributed by atoms with Crippen molar-refractivity contribution < 1.29 is 14.3 Å². The summed E-state index contributed by atoms with van der Waals surface area (Å²) in [7, 11) is 0. The summed E-state index contributed by atoms with van der Waals surface area (Å²) in [5.74, 6) is -0.0867. The van der Waals surface area contributed by atoms with E-state index in [2.05, 4.69) is 20.3 Å². The molecule has 1 aromatic heterocycles. The summed E-state index contributed by atoms with van der Waals surface area (Å²) in [4.78, 5) is 28.4. The third-order valence-electron chi connectivity index (χ3n) is 6.00. The van der Waals surface area contributed by atoms with Crippen LogP contribution in [0.2, 0.25) is 0 Å². The molecule has 4 N–H and O–H groups in total. The summed E-state index contributed by atoms with van der Waals surface area (Å²) in [5, 5.41) is 11.4. The van der Waals surface area contributed by atoms with Crippen molar-refractivity contribution in [2.24, 2.45) is 15.7 Å². The molecule has 37 heavy (non-hydrogen) atoms. The minimum Gasteiger partial charge on any atom is -0.407 e. The molecule has 2 aliphatic rings. The Morgan fingerprint density at radius 1 is 1.16 bits per heavy atom. The van der Waals surface area contributed by atoms with E-state index in [0.29, 0.717) is 42.5 Å². The number of benzene rings is 2. The second-order valence-corrected chi connectivity index (χ2v) is 8.65. The van der Waals surface area contributed by atoms with E-state index in [1.807, 2.05) is 66.4 Å². The van der Waals surface area contributed by atoms with Crippen LogP contribution in [-0.2, 0) is 14.3 Å². The number of amidine groups is 1. The van der Waals surface area contributed by atoms with Gasteiger partial charge in [0.15, 0.2) is 0 Å². The molecule has 10 heteroatoms. The Balaban J connectivity index is 1.42. The zero-order valence-electron chi connectivity index (χ0n) is 20.3. The minimum absolute atomic E-state index is 0.0416. The summed E-state index contributed by atoms with van der Waals surface area (Å²) in [6, 6.07) is 20.1. The number of rotatable bonds is 4. The average molecular weight is 498 g/mol. The molecule has 0 radical (unpaired) electrons. The standard InChI is InChI=1S/C27H27N7O3/c1-17-16-34(14-15-36-17)25-20(11-7-13-30-25)23(28)37-27(29)33-24-26(35)31-21-12-6-5-10-19(21)22(32-24)18-8-3-2-4-9-18/h2-13,17,24,28H,14-16H2,1H3,(H2,29,33)(H,31,35)/t17-,24?/m0/s1. The van der Waals surface area contributed by atoms with Crippen molar-refractivity contribution in [3.8, 4) is 0 Å². The molecule has 0 bridgehead atoms. The van der Waals surface area contributed by atoms with Crippen molar-refractivity contribution in [1.29, 1.82) is 5.41 Å². The first-order valence-electron chi connectivity index (χ1n) is 11.9.